The molecule has 3 rings (SSSR count). The summed E-state index contributed by atoms with van der Waals surface area (Å²) in [4.78, 5) is 45.6. The molecule has 2 amide bonds. The van der Waals surface area contributed by atoms with Crippen LogP contribution in [-0.2, 0) is 25.8 Å². The van der Waals surface area contributed by atoms with Gasteiger partial charge in [0.15, 0.2) is 5.96 Å². The SMILES string of the molecule is CCC(NC1=NCCCN1)C1=NOC(CC(=O)NCC(NC(=O)OCc2ccccc2)C(=O)O)C1. The second-order valence-corrected chi connectivity index (χ2v) is 8.24. The van der Waals surface area contributed by atoms with E-state index in [1.807, 2.05) is 13.0 Å². The van der Waals surface area contributed by atoms with Crippen LogP contribution in [0.2, 0.25) is 0 Å². The highest BCUT2D eigenvalue weighted by Crippen LogP contribution is 2.17. The molecular formula is C23H32N6O6. The molecule has 5 N–H and O–H groups in total. The lowest BCUT2D eigenvalue weighted by Crippen LogP contribution is -2.49. The minimum absolute atomic E-state index is 0.00371. The van der Waals surface area contributed by atoms with Gasteiger partial charge in [0.05, 0.1) is 18.2 Å². The van der Waals surface area contributed by atoms with Gasteiger partial charge in [0.2, 0.25) is 5.91 Å². The summed E-state index contributed by atoms with van der Waals surface area (Å²) in [5.74, 6) is -0.959. The van der Waals surface area contributed by atoms with Crippen LogP contribution < -0.4 is 21.3 Å². The Bertz CT molecular complexity index is 938. The van der Waals surface area contributed by atoms with Gasteiger partial charge in [-0.25, -0.2) is 9.59 Å². The van der Waals surface area contributed by atoms with E-state index in [0.29, 0.717) is 6.42 Å². The summed E-state index contributed by atoms with van der Waals surface area (Å²) in [5.41, 5.74) is 1.57. The molecule has 0 aliphatic carbocycles. The molecule has 2 aliphatic heterocycles. The van der Waals surface area contributed by atoms with E-state index in [-0.39, 0.29) is 25.6 Å². The molecule has 0 aromatic heterocycles. The van der Waals surface area contributed by atoms with E-state index in [9.17, 15) is 19.5 Å². The molecule has 3 unspecified atom stereocenters. The van der Waals surface area contributed by atoms with Crippen LogP contribution >= 0.6 is 0 Å². The zero-order valence-electron chi connectivity index (χ0n) is 19.7. The predicted octanol–water partition coefficient (Wildman–Crippen LogP) is 0.735. The number of hydrogen-bond donors (Lipinski definition) is 5. The number of oxime groups is 1. The first-order valence-electron chi connectivity index (χ1n) is 11.7. The Hall–Kier alpha value is -3.83. The van der Waals surface area contributed by atoms with Crippen LogP contribution in [0, 0.1) is 0 Å². The van der Waals surface area contributed by atoms with Crippen LogP contribution in [0.4, 0.5) is 4.79 Å². The van der Waals surface area contributed by atoms with E-state index >= 15 is 0 Å². The van der Waals surface area contributed by atoms with Crippen LogP contribution in [0.5, 0.6) is 0 Å². The monoisotopic (exact) mass is 488 g/mol. The summed E-state index contributed by atoms with van der Waals surface area (Å²) in [5, 5.41) is 24.8. The molecule has 0 spiro atoms. The lowest BCUT2D eigenvalue weighted by atomic mass is 10.0. The molecule has 2 aliphatic rings. The van der Waals surface area contributed by atoms with Gasteiger partial charge in [0.1, 0.15) is 18.8 Å². The largest absolute Gasteiger partial charge is 0.480 e. The van der Waals surface area contributed by atoms with E-state index < -0.39 is 30.1 Å². The molecule has 0 saturated heterocycles. The Morgan fingerprint density at radius 1 is 1.29 bits per heavy atom. The number of carbonyl (C=O) groups excluding carboxylic acids is 2. The maximum atomic E-state index is 12.4. The van der Waals surface area contributed by atoms with Gasteiger partial charge in [0, 0.05) is 26.1 Å². The summed E-state index contributed by atoms with van der Waals surface area (Å²) >= 11 is 0. The Kier molecular flexibility index (Phi) is 9.69. The number of aliphatic carboxylic acids is 1. The van der Waals surface area contributed by atoms with Crippen LogP contribution in [0.3, 0.4) is 0 Å². The first kappa shape index (κ1) is 25.8. The van der Waals surface area contributed by atoms with Gasteiger partial charge in [-0.1, -0.05) is 42.4 Å². The number of nitrogens with one attached hydrogen (secondary N) is 4. The van der Waals surface area contributed by atoms with Crippen LogP contribution in [0.15, 0.2) is 40.5 Å². The third-order valence-electron chi connectivity index (χ3n) is 5.49. The van der Waals surface area contributed by atoms with Gasteiger partial charge in [-0.2, -0.15) is 0 Å². The van der Waals surface area contributed by atoms with Crippen molar-refractivity contribution in [2.45, 2.75) is 57.4 Å². The highest BCUT2D eigenvalue weighted by molar-refractivity contribution is 5.95. The lowest BCUT2D eigenvalue weighted by molar-refractivity contribution is -0.139. The van der Waals surface area contributed by atoms with Gasteiger partial charge in [0.25, 0.3) is 0 Å². The zero-order valence-corrected chi connectivity index (χ0v) is 19.7. The highest BCUT2D eigenvalue weighted by Gasteiger charge is 2.29. The second-order valence-electron chi connectivity index (χ2n) is 8.24. The van der Waals surface area contributed by atoms with Crippen molar-refractivity contribution in [3.8, 4) is 0 Å². The maximum absolute atomic E-state index is 12.4. The summed E-state index contributed by atoms with van der Waals surface area (Å²) in [6.45, 7) is 3.37. The molecule has 1 aromatic carbocycles. The molecular weight excluding hydrogens is 456 g/mol. The summed E-state index contributed by atoms with van der Waals surface area (Å²) in [6, 6.07) is 7.60. The highest BCUT2D eigenvalue weighted by atomic mass is 16.6. The van der Waals surface area contributed by atoms with Gasteiger partial charge in [-0.05, 0) is 18.4 Å². The van der Waals surface area contributed by atoms with E-state index in [2.05, 4.69) is 31.4 Å². The zero-order chi connectivity index (χ0) is 25.0. The molecule has 0 radical (unpaired) electrons. The standard InChI is InChI=1S/C23H32N6O6/c1-2-17(27-22-24-9-6-10-25-22)18-11-16(35-29-18)12-20(30)26-13-19(21(31)32)28-23(33)34-14-15-7-4-3-5-8-15/h3-5,7-8,16-17,19H,2,6,9-14H2,1H3,(H,26,30)(H,28,33)(H,31,32)(H2,24,25,27). The van der Waals surface area contributed by atoms with E-state index in [1.54, 1.807) is 24.3 Å². The topological polar surface area (TPSA) is 163 Å². The number of carboxylic acid groups (broad SMARTS) is 1. The van der Waals surface area contributed by atoms with Gasteiger partial charge in [-0.3, -0.25) is 9.79 Å². The molecule has 1 aromatic rings. The van der Waals surface area contributed by atoms with Crippen molar-refractivity contribution in [3.05, 3.63) is 35.9 Å². The van der Waals surface area contributed by atoms with Crippen LogP contribution in [-0.4, -0.2) is 72.6 Å². The fraction of sp³-hybridized carbons (Fsp3) is 0.522. The molecule has 0 bridgehead atoms. The number of alkyl carbamates (subject to hydrolysis) is 1. The minimum atomic E-state index is -1.34. The van der Waals surface area contributed by atoms with Crippen LogP contribution in [0.1, 0.15) is 38.2 Å². The fourth-order valence-corrected chi connectivity index (χ4v) is 3.58. The van der Waals surface area contributed by atoms with Crippen LogP contribution in [0.25, 0.3) is 0 Å². The van der Waals surface area contributed by atoms with Crippen molar-refractivity contribution in [3.63, 3.8) is 0 Å². The number of carboxylic acids is 1. The minimum Gasteiger partial charge on any atom is -0.480 e. The maximum Gasteiger partial charge on any atom is 0.408 e. The molecule has 190 valence electrons. The van der Waals surface area contributed by atoms with Gasteiger partial charge in [-0.15, -0.1) is 0 Å². The molecule has 0 fully saturated rings. The number of benzene rings is 1. The third kappa shape index (κ3) is 8.47. The predicted molar refractivity (Wildman–Crippen MR) is 128 cm³/mol. The average Bonchev–Trinajstić information content (AvgIpc) is 3.33. The molecule has 12 nitrogen and oxygen atoms in total. The van der Waals surface area contributed by atoms with Crippen molar-refractivity contribution < 1.29 is 29.1 Å². The van der Waals surface area contributed by atoms with E-state index in [4.69, 9.17) is 9.57 Å². The van der Waals surface area contributed by atoms with E-state index in [0.717, 1.165) is 43.2 Å². The van der Waals surface area contributed by atoms with Crippen molar-refractivity contribution in [2.75, 3.05) is 19.6 Å². The Morgan fingerprint density at radius 3 is 2.77 bits per heavy atom. The number of carbonyl (C=O) groups is 3. The number of aliphatic imine (C=N–C) groups is 1. The normalized spacial score (nSPS) is 18.6. The summed E-state index contributed by atoms with van der Waals surface area (Å²) in [6.07, 6.45) is 0.910. The smallest absolute Gasteiger partial charge is 0.408 e. The number of nitrogens with zero attached hydrogens (tertiary/aromatic N) is 2. The Balaban J connectivity index is 1.39. The van der Waals surface area contributed by atoms with Crippen molar-refractivity contribution in [1.29, 1.82) is 0 Å². The number of ether oxygens (including phenoxy) is 1. The summed E-state index contributed by atoms with van der Waals surface area (Å²) < 4.78 is 5.04. The molecule has 3 atom stereocenters. The quantitative estimate of drug-likeness (QED) is 0.304. The third-order valence-corrected chi connectivity index (χ3v) is 5.49. The molecule has 2 heterocycles. The molecule has 35 heavy (non-hydrogen) atoms. The first-order valence-corrected chi connectivity index (χ1v) is 11.7. The number of rotatable bonds is 11. The average molecular weight is 489 g/mol. The first-order chi connectivity index (χ1) is 16.9. The Morgan fingerprint density at radius 2 is 2.09 bits per heavy atom. The fourth-order valence-electron chi connectivity index (χ4n) is 3.58. The van der Waals surface area contributed by atoms with Gasteiger partial charge < -0.3 is 35.9 Å². The van der Waals surface area contributed by atoms with Crippen molar-refractivity contribution in [1.82, 2.24) is 21.3 Å². The number of guanidine groups is 1. The lowest BCUT2D eigenvalue weighted by Gasteiger charge is -2.22. The second kappa shape index (κ2) is 13.2. The number of hydrogen-bond acceptors (Lipinski definition) is 9. The summed E-state index contributed by atoms with van der Waals surface area (Å²) in [7, 11) is 0. The van der Waals surface area contributed by atoms with E-state index in [1.165, 1.54) is 0 Å². The van der Waals surface area contributed by atoms with Crippen molar-refractivity contribution in [2.24, 2.45) is 10.1 Å². The van der Waals surface area contributed by atoms with Gasteiger partial charge >= 0.3 is 12.1 Å². The molecule has 12 heteroatoms. The Labute approximate surface area is 203 Å². The molecule has 0 saturated carbocycles. The number of amides is 2. The van der Waals surface area contributed by atoms with Crippen molar-refractivity contribution >= 4 is 29.6 Å².